The Bertz CT molecular complexity index is 482. The lowest BCUT2D eigenvalue weighted by Gasteiger charge is -2.18. The molecule has 0 fully saturated rings. The van der Waals surface area contributed by atoms with Crippen molar-refractivity contribution in [3.63, 3.8) is 0 Å². The van der Waals surface area contributed by atoms with E-state index in [0.717, 1.165) is 23.9 Å². The molecule has 0 saturated carbocycles. The van der Waals surface area contributed by atoms with E-state index in [0.29, 0.717) is 5.25 Å². The third kappa shape index (κ3) is 2.31. The van der Waals surface area contributed by atoms with Gasteiger partial charge < -0.3 is 4.74 Å². The first kappa shape index (κ1) is 11.4. The minimum Gasteiger partial charge on any atom is -0.464 e. The van der Waals surface area contributed by atoms with E-state index in [-0.39, 0.29) is 0 Å². The normalized spacial score (nSPS) is 26.5. The van der Waals surface area contributed by atoms with Gasteiger partial charge in [-0.3, -0.25) is 0 Å². The zero-order valence-electron chi connectivity index (χ0n) is 9.36. The van der Waals surface area contributed by atoms with Crippen LogP contribution >= 0.6 is 27.7 Å². The molecule has 1 unspecified atom stereocenters. The van der Waals surface area contributed by atoms with Gasteiger partial charge in [-0.25, -0.2) is 0 Å². The van der Waals surface area contributed by atoms with Crippen LogP contribution in [0.4, 0.5) is 0 Å². The van der Waals surface area contributed by atoms with Gasteiger partial charge >= 0.3 is 0 Å². The fraction of sp³-hybridized carbons (Fsp3) is 0.286. The van der Waals surface area contributed by atoms with Crippen LogP contribution in [0.25, 0.3) is 0 Å². The van der Waals surface area contributed by atoms with Crippen molar-refractivity contribution in [2.45, 2.75) is 18.1 Å². The Labute approximate surface area is 114 Å². The van der Waals surface area contributed by atoms with E-state index in [4.69, 9.17) is 4.74 Å². The van der Waals surface area contributed by atoms with Crippen LogP contribution in [0.1, 0.15) is 12.8 Å². The van der Waals surface area contributed by atoms with Crippen molar-refractivity contribution < 1.29 is 4.74 Å². The van der Waals surface area contributed by atoms with Gasteiger partial charge in [-0.1, -0.05) is 40.2 Å². The predicted molar refractivity (Wildman–Crippen MR) is 77.0 cm³/mol. The van der Waals surface area contributed by atoms with Crippen molar-refractivity contribution in [1.82, 2.24) is 0 Å². The van der Waals surface area contributed by atoms with Crippen LogP contribution in [0.15, 0.2) is 58.5 Å². The molecule has 0 N–H and O–H groups in total. The Morgan fingerprint density at radius 3 is 3.24 bits per heavy atom. The second-order valence-electron chi connectivity index (χ2n) is 4.21. The van der Waals surface area contributed by atoms with Gasteiger partial charge in [0.25, 0.3) is 0 Å². The Balaban J connectivity index is 1.90. The lowest BCUT2D eigenvalue weighted by atomic mass is 10.0. The zero-order chi connectivity index (χ0) is 11.7. The molecule has 0 aromatic rings. The van der Waals surface area contributed by atoms with Crippen molar-refractivity contribution in [2.75, 3.05) is 5.33 Å². The monoisotopic (exact) mass is 308 g/mol. The number of thioether (sulfide) groups is 1. The molecular formula is C14H13BrOS. The summed E-state index contributed by atoms with van der Waals surface area (Å²) < 4.78 is 5.79. The van der Waals surface area contributed by atoms with Crippen molar-refractivity contribution in [1.29, 1.82) is 0 Å². The summed E-state index contributed by atoms with van der Waals surface area (Å²) in [6.07, 6.45) is 15.1. The summed E-state index contributed by atoms with van der Waals surface area (Å²) in [5.74, 6) is 1.03. The van der Waals surface area contributed by atoms with Gasteiger partial charge in [-0.15, -0.1) is 11.8 Å². The number of hydrogen-bond donors (Lipinski definition) is 0. The maximum Gasteiger partial charge on any atom is 0.135 e. The largest absolute Gasteiger partial charge is 0.464 e. The average molecular weight is 309 g/mol. The SMILES string of the molecule is BrCC1=CC2=COC3=C(CCC=C3)SC2C=C1. The third-order valence-electron chi connectivity index (χ3n) is 2.99. The highest BCUT2D eigenvalue weighted by molar-refractivity contribution is 9.09. The van der Waals surface area contributed by atoms with Crippen LogP contribution in [-0.2, 0) is 4.74 Å². The molecule has 0 saturated heterocycles. The quantitative estimate of drug-likeness (QED) is 0.662. The molecular weight excluding hydrogens is 296 g/mol. The van der Waals surface area contributed by atoms with Crippen LogP contribution in [0.5, 0.6) is 0 Å². The van der Waals surface area contributed by atoms with Crippen LogP contribution in [0, 0.1) is 0 Å². The predicted octanol–water partition coefficient (Wildman–Crippen LogP) is 4.46. The number of rotatable bonds is 1. The van der Waals surface area contributed by atoms with Gasteiger partial charge in [0, 0.05) is 15.8 Å². The fourth-order valence-electron chi connectivity index (χ4n) is 2.09. The van der Waals surface area contributed by atoms with Gasteiger partial charge in [0.1, 0.15) is 5.76 Å². The van der Waals surface area contributed by atoms with Crippen LogP contribution in [-0.4, -0.2) is 10.6 Å². The fourth-order valence-corrected chi connectivity index (χ4v) is 3.63. The first-order valence-electron chi connectivity index (χ1n) is 5.74. The zero-order valence-corrected chi connectivity index (χ0v) is 11.8. The topological polar surface area (TPSA) is 9.23 Å². The summed E-state index contributed by atoms with van der Waals surface area (Å²) in [4.78, 5) is 1.38. The molecule has 17 heavy (non-hydrogen) atoms. The van der Waals surface area contributed by atoms with E-state index in [1.165, 1.54) is 16.1 Å². The molecule has 0 amide bonds. The maximum atomic E-state index is 5.79. The van der Waals surface area contributed by atoms with E-state index in [1.54, 1.807) is 0 Å². The molecule has 1 aliphatic heterocycles. The summed E-state index contributed by atoms with van der Waals surface area (Å²) in [6.45, 7) is 0. The van der Waals surface area contributed by atoms with Crippen molar-refractivity contribution >= 4 is 27.7 Å². The number of ether oxygens (including phenoxy) is 1. The molecule has 0 bridgehead atoms. The molecule has 0 aromatic heterocycles. The highest BCUT2D eigenvalue weighted by Crippen LogP contribution is 2.40. The van der Waals surface area contributed by atoms with Crippen LogP contribution < -0.4 is 0 Å². The molecule has 0 radical (unpaired) electrons. The van der Waals surface area contributed by atoms with Crippen LogP contribution in [0.3, 0.4) is 0 Å². The number of allylic oxidation sites excluding steroid dienone is 6. The van der Waals surface area contributed by atoms with Crippen molar-refractivity contribution in [3.8, 4) is 0 Å². The second kappa shape index (κ2) is 4.91. The summed E-state index contributed by atoms with van der Waals surface area (Å²) >= 11 is 5.41. The molecule has 0 spiro atoms. The van der Waals surface area contributed by atoms with Gasteiger partial charge in [-0.2, -0.15) is 0 Å². The lowest BCUT2D eigenvalue weighted by molar-refractivity contribution is 0.360. The van der Waals surface area contributed by atoms with E-state index >= 15 is 0 Å². The highest BCUT2D eigenvalue weighted by atomic mass is 79.9. The summed E-state index contributed by atoms with van der Waals surface area (Å²) in [5, 5.41) is 1.31. The van der Waals surface area contributed by atoms with Crippen molar-refractivity contribution in [3.05, 3.63) is 58.5 Å². The second-order valence-corrected chi connectivity index (χ2v) is 6.01. The number of hydrogen-bond acceptors (Lipinski definition) is 2. The molecule has 88 valence electrons. The number of alkyl halides is 1. The minimum atomic E-state index is 0.414. The summed E-state index contributed by atoms with van der Waals surface area (Å²) in [5.41, 5.74) is 2.56. The highest BCUT2D eigenvalue weighted by Gasteiger charge is 2.22. The van der Waals surface area contributed by atoms with Crippen molar-refractivity contribution in [2.24, 2.45) is 0 Å². The summed E-state index contributed by atoms with van der Waals surface area (Å²) in [7, 11) is 0. The molecule has 1 nitrogen and oxygen atoms in total. The Morgan fingerprint density at radius 1 is 1.41 bits per heavy atom. The van der Waals surface area contributed by atoms with Crippen LogP contribution in [0.2, 0.25) is 0 Å². The first-order valence-corrected chi connectivity index (χ1v) is 7.75. The minimum absolute atomic E-state index is 0.414. The van der Waals surface area contributed by atoms with E-state index in [1.807, 2.05) is 18.0 Å². The molecule has 3 heteroatoms. The molecule has 1 heterocycles. The molecule has 2 aliphatic carbocycles. The van der Waals surface area contributed by atoms with Gasteiger partial charge in [-0.05, 0) is 24.5 Å². The Morgan fingerprint density at radius 2 is 2.35 bits per heavy atom. The molecule has 1 atom stereocenters. The first-order chi connectivity index (χ1) is 8.36. The Hall–Kier alpha value is -0.670. The molecule has 3 aliphatic rings. The van der Waals surface area contributed by atoms with E-state index in [9.17, 15) is 0 Å². The average Bonchev–Trinajstić information content (AvgIpc) is 2.57. The van der Waals surface area contributed by atoms with Gasteiger partial charge in [0.05, 0.1) is 11.5 Å². The third-order valence-corrected chi connectivity index (χ3v) is 5.01. The summed E-state index contributed by atoms with van der Waals surface area (Å²) in [6, 6.07) is 0. The Kier molecular flexibility index (Phi) is 3.30. The maximum absolute atomic E-state index is 5.79. The number of fused-ring (bicyclic) bond motifs is 1. The smallest absolute Gasteiger partial charge is 0.135 e. The standard InChI is InChI=1S/C14H13BrOS/c15-8-10-5-6-13-11(7-10)9-16-12-3-1-2-4-14(12)17-13/h1,3,5-7,9,13H,2,4,8H2. The van der Waals surface area contributed by atoms with E-state index in [2.05, 4.69) is 46.3 Å². The van der Waals surface area contributed by atoms with Gasteiger partial charge in [0.15, 0.2) is 0 Å². The number of halogens is 1. The lowest BCUT2D eigenvalue weighted by Crippen LogP contribution is -2.06. The van der Waals surface area contributed by atoms with Gasteiger partial charge in [0.2, 0.25) is 0 Å². The molecule has 0 aromatic carbocycles. The molecule has 3 rings (SSSR count). The van der Waals surface area contributed by atoms with E-state index < -0.39 is 0 Å².